The number of aliphatic hydroxyl groups excluding tert-OH is 1. The maximum Gasteiger partial charge on any atom is 0.295 e. The largest absolute Gasteiger partial charge is 0.505 e. The topological polar surface area (TPSA) is 93.4 Å². The summed E-state index contributed by atoms with van der Waals surface area (Å²) < 4.78 is 13.4. The number of fused-ring (bicyclic) bond motifs is 1. The molecular weight excluding hydrogens is 518 g/mol. The molecule has 0 spiro atoms. The molecule has 4 aromatic rings. The Morgan fingerprint density at radius 2 is 1.78 bits per heavy atom. The Balaban J connectivity index is 1.61. The minimum absolute atomic E-state index is 0.0207. The lowest BCUT2D eigenvalue weighted by atomic mass is 9.95. The van der Waals surface area contributed by atoms with Gasteiger partial charge in [0.2, 0.25) is 0 Å². The number of aromatic nitrogens is 2. The van der Waals surface area contributed by atoms with E-state index in [1.165, 1.54) is 4.90 Å². The van der Waals surface area contributed by atoms with Gasteiger partial charge >= 0.3 is 0 Å². The highest BCUT2D eigenvalue weighted by atomic mass is 16.5. The van der Waals surface area contributed by atoms with Crippen molar-refractivity contribution >= 4 is 23.1 Å². The molecule has 1 atom stereocenters. The second-order valence-corrected chi connectivity index (χ2v) is 10.6. The Morgan fingerprint density at radius 3 is 2.51 bits per heavy atom. The fourth-order valence-corrected chi connectivity index (χ4v) is 5.26. The van der Waals surface area contributed by atoms with Crippen LogP contribution in [0.2, 0.25) is 0 Å². The van der Waals surface area contributed by atoms with Crippen LogP contribution in [0, 0.1) is 12.8 Å². The molecule has 2 aromatic carbocycles. The number of Topliss-reactive ketones (excluding diaryl/α,β-unsaturated/α-hetero) is 1. The van der Waals surface area contributed by atoms with Crippen molar-refractivity contribution in [1.82, 2.24) is 14.3 Å². The van der Waals surface area contributed by atoms with Crippen molar-refractivity contribution in [2.45, 2.75) is 39.7 Å². The Morgan fingerprint density at radius 1 is 1.02 bits per heavy atom. The second-order valence-electron chi connectivity index (χ2n) is 10.6. The zero-order chi connectivity index (χ0) is 29.1. The number of nitrogens with zero attached hydrogens (tertiary/aromatic N) is 3. The summed E-state index contributed by atoms with van der Waals surface area (Å²) in [6.07, 6.45) is 3.22. The third kappa shape index (κ3) is 5.55. The first-order valence-corrected chi connectivity index (χ1v) is 13.9. The van der Waals surface area contributed by atoms with Gasteiger partial charge in [0, 0.05) is 12.7 Å². The van der Waals surface area contributed by atoms with Gasteiger partial charge in [0.15, 0.2) is 17.3 Å². The van der Waals surface area contributed by atoms with Gasteiger partial charge in [-0.15, -0.1) is 0 Å². The summed E-state index contributed by atoms with van der Waals surface area (Å²) in [4.78, 5) is 33.2. The summed E-state index contributed by atoms with van der Waals surface area (Å²) in [5, 5.41) is 11.7. The number of ether oxygens (including phenoxy) is 2. The van der Waals surface area contributed by atoms with Crippen molar-refractivity contribution in [2.24, 2.45) is 5.92 Å². The number of hydrogen-bond acceptors (Lipinski definition) is 6. The first-order chi connectivity index (χ1) is 19.8. The van der Waals surface area contributed by atoms with Crippen LogP contribution in [0.1, 0.15) is 48.8 Å². The lowest BCUT2D eigenvalue weighted by Crippen LogP contribution is -2.31. The van der Waals surface area contributed by atoms with Crippen LogP contribution in [0.4, 0.5) is 0 Å². The number of methoxy groups -OCH3 is 1. The molecule has 0 aliphatic carbocycles. The predicted octanol–water partition coefficient (Wildman–Crippen LogP) is 5.74. The van der Waals surface area contributed by atoms with Gasteiger partial charge in [0.05, 0.1) is 31.0 Å². The van der Waals surface area contributed by atoms with E-state index in [9.17, 15) is 14.7 Å². The zero-order valence-corrected chi connectivity index (χ0v) is 23.8. The van der Waals surface area contributed by atoms with E-state index in [4.69, 9.17) is 9.47 Å². The maximum absolute atomic E-state index is 13.6. The second kappa shape index (κ2) is 11.9. The van der Waals surface area contributed by atoms with Gasteiger partial charge in [-0.2, -0.15) is 0 Å². The fraction of sp³-hybridized carbons (Fsp3) is 0.303. The molecule has 212 valence electrons. The molecule has 41 heavy (non-hydrogen) atoms. The molecule has 1 unspecified atom stereocenters. The van der Waals surface area contributed by atoms with Crippen molar-refractivity contribution < 1.29 is 24.2 Å². The minimum atomic E-state index is -0.828. The van der Waals surface area contributed by atoms with E-state index >= 15 is 0 Å². The average Bonchev–Trinajstić information content (AvgIpc) is 3.44. The summed E-state index contributed by atoms with van der Waals surface area (Å²) in [6, 6.07) is 19.9. The summed E-state index contributed by atoms with van der Waals surface area (Å²) in [7, 11) is 1.56. The molecule has 1 amide bonds. The van der Waals surface area contributed by atoms with E-state index in [1.807, 2.05) is 54.6 Å². The molecule has 1 aliphatic rings. The quantitative estimate of drug-likeness (QED) is 0.153. The Bertz CT molecular complexity index is 1610. The third-order valence-electron chi connectivity index (χ3n) is 7.41. The number of rotatable bonds is 10. The molecule has 1 aliphatic heterocycles. The molecule has 0 radical (unpaired) electrons. The van der Waals surface area contributed by atoms with Crippen molar-refractivity contribution in [3.8, 4) is 11.5 Å². The van der Waals surface area contributed by atoms with Crippen LogP contribution in [-0.2, 0) is 16.0 Å². The molecule has 1 saturated heterocycles. The number of ketones is 1. The maximum atomic E-state index is 13.6. The van der Waals surface area contributed by atoms with Gasteiger partial charge in [-0.3, -0.25) is 14.0 Å². The molecule has 8 nitrogen and oxygen atoms in total. The molecule has 3 heterocycles. The number of pyridine rings is 1. The Hall–Kier alpha value is -4.59. The van der Waals surface area contributed by atoms with E-state index < -0.39 is 17.7 Å². The normalized spacial score (nSPS) is 16.6. The monoisotopic (exact) mass is 553 g/mol. The number of amides is 1. The highest BCUT2D eigenvalue weighted by Crippen LogP contribution is 2.42. The number of aryl methyl sites for hydroxylation is 1. The highest BCUT2D eigenvalue weighted by molar-refractivity contribution is 6.46. The summed E-state index contributed by atoms with van der Waals surface area (Å²) in [5.74, 6) is -0.0883. The van der Waals surface area contributed by atoms with Crippen LogP contribution in [0.25, 0.3) is 11.4 Å². The molecule has 0 bridgehead atoms. The Kier molecular flexibility index (Phi) is 8.10. The van der Waals surface area contributed by atoms with Crippen LogP contribution in [-0.4, -0.2) is 51.3 Å². The number of benzene rings is 2. The van der Waals surface area contributed by atoms with Crippen molar-refractivity contribution in [3.63, 3.8) is 0 Å². The van der Waals surface area contributed by atoms with Crippen LogP contribution in [0.5, 0.6) is 11.5 Å². The zero-order valence-electron chi connectivity index (χ0n) is 23.8. The van der Waals surface area contributed by atoms with Crippen LogP contribution in [0.15, 0.2) is 78.5 Å². The van der Waals surface area contributed by atoms with Gasteiger partial charge in [0.1, 0.15) is 11.3 Å². The van der Waals surface area contributed by atoms with Gasteiger partial charge < -0.3 is 19.5 Å². The first kappa shape index (κ1) is 28.0. The van der Waals surface area contributed by atoms with E-state index in [0.29, 0.717) is 53.0 Å². The van der Waals surface area contributed by atoms with Crippen LogP contribution in [0.3, 0.4) is 0 Å². The van der Waals surface area contributed by atoms with Crippen molar-refractivity contribution in [2.75, 3.05) is 20.3 Å². The first-order valence-electron chi connectivity index (χ1n) is 13.9. The number of imidazole rings is 1. The van der Waals surface area contributed by atoms with Gasteiger partial charge in [0.25, 0.3) is 11.7 Å². The molecule has 5 rings (SSSR count). The minimum Gasteiger partial charge on any atom is -0.505 e. The number of likely N-dealkylation sites (tertiary alicyclic amines) is 1. The smallest absolute Gasteiger partial charge is 0.295 e. The standard InChI is InChI=1S/C33H35N3O5/c1-21(2)16-19-41-25-14-13-24(20-26(25)40-4)30-28(31(37)29-22(3)34-27-12-8-9-17-35(27)29)32(38)33(39)36(30)18-15-23-10-6-5-7-11-23/h5-14,17,20-21,30,37H,15-16,18-19H2,1-4H3/b31-28+. The summed E-state index contributed by atoms with van der Waals surface area (Å²) in [5.41, 5.74) is 3.26. The molecule has 8 heteroatoms. The SMILES string of the molecule is COc1cc(C2/C(=C(\O)c3c(C)nc4ccccn34)C(=O)C(=O)N2CCc2ccccc2)ccc1OCCC(C)C. The molecule has 1 fully saturated rings. The summed E-state index contributed by atoms with van der Waals surface area (Å²) in [6.45, 7) is 6.86. The van der Waals surface area contributed by atoms with E-state index in [0.717, 1.165) is 12.0 Å². The summed E-state index contributed by atoms with van der Waals surface area (Å²) >= 11 is 0. The van der Waals surface area contributed by atoms with Crippen LogP contribution < -0.4 is 9.47 Å². The van der Waals surface area contributed by atoms with Crippen molar-refractivity contribution in [1.29, 1.82) is 0 Å². The van der Waals surface area contributed by atoms with E-state index in [1.54, 1.807) is 36.8 Å². The van der Waals surface area contributed by atoms with Gasteiger partial charge in [-0.1, -0.05) is 56.3 Å². The number of aliphatic hydroxyl groups is 1. The third-order valence-corrected chi connectivity index (χ3v) is 7.41. The van der Waals surface area contributed by atoms with Gasteiger partial charge in [-0.25, -0.2) is 4.98 Å². The molecule has 0 saturated carbocycles. The lowest BCUT2D eigenvalue weighted by Gasteiger charge is -2.26. The van der Waals surface area contributed by atoms with E-state index in [-0.39, 0.29) is 17.9 Å². The molecule has 1 N–H and O–H groups in total. The number of carbonyl (C=O) groups excluding carboxylic acids is 2. The fourth-order valence-electron chi connectivity index (χ4n) is 5.26. The lowest BCUT2D eigenvalue weighted by molar-refractivity contribution is -0.139. The van der Waals surface area contributed by atoms with Gasteiger partial charge in [-0.05, 0) is 61.1 Å². The Labute approximate surface area is 239 Å². The van der Waals surface area contributed by atoms with Crippen LogP contribution >= 0.6 is 0 Å². The molecular formula is C33H35N3O5. The van der Waals surface area contributed by atoms with E-state index in [2.05, 4.69) is 18.8 Å². The highest BCUT2D eigenvalue weighted by Gasteiger charge is 2.46. The predicted molar refractivity (Wildman–Crippen MR) is 157 cm³/mol. The average molecular weight is 554 g/mol. The number of hydrogen-bond donors (Lipinski definition) is 1. The number of carbonyl (C=O) groups is 2. The van der Waals surface area contributed by atoms with Crippen molar-refractivity contribution in [3.05, 3.63) is 101 Å². The molecule has 2 aromatic heterocycles.